The number of methoxy groups -OCH3 is 1. The molecule has 84 valence electrons. The van der Waals surface area contributed by atoms with Crippen molar-refractivity contribution in [2.24, 2.45) is 0 Å². The lowest BCUT2D eigenvalue weighted by molar-refractivity contribution is 0.414. The van der Waals surface area contributed by atoms with E-state index in [1.165, 1.54) is 0 Å². The summed E-state index contributed by atoms with van der Waals surface area (Å²) in [6.45, 7) is 0. The van der Waals surface area contributed by atoms with Gasteiger partial charge in [-0.3, -0.25) is 0 Å². The first-order valence-electron chi connectivity index (χ1n) is 5.24. The SMILES string of the molecule is COc1cccc(Nc2ccccc2)c1C#N. The van der Waals surface area contributed by atoms with E-state index in [2.05, 4.69) is 11.4 Å². The largest absolute Gasteiger partial charge is 0.495 e. The van der Waals surface area contributed by atoms with Crippen molar-refractivity contribution in [3.63, 3.8) is 0 Å². The van der Waals surface area contributed by atoms with Crippen molar-refractivity contribution in [1.29, 1.82) is 5.26 Å². The maximum atomic E-state index is 9.14. The van der Waals surface area contributed by atoms with Crippen LogP contribution in [0, 0.1) is 11.3 Å². The normalized spacial score (nSPS) is 9.41. The highest BCUT2D eigenvalue weighted by atomic mass is 16.5. The quantitative estimate of drug-likeness (QED) is 0.869. The van der Waals surface area contributed by atoms with Crippen LogP contribution in [-0.4, -0.2) is 7.11 Å². The molecule has 0 aliphatic carbocycles. The highest BCUT2D eigenvalue weighted by Crippen LogP contribution is 2.27. The van der Waals surface area contributed by atoms with Gasteiger partial charge in [-0.1, -0.05) is 24.3 Å². The van der Waals surface area contributed by atoms with E-state index in [1.807, 2.05) is 42.5 Å². The Morgan fingerprint density at radius 2 is 1.82 bits per heavy atom. The number of para-hydroxylation sites is 1. The van der Waals surface area contributed by atoms with Crippen molar-refractivity contribution in [3.05, 3.63) is 54.1 Å². The van der Waals surface area contributed by atoms with Crippen LogP contribution in [0.15, 0.2) is 48.5 Å². The highest BCUT2D eigenvalue weighted by molar-refractivity contribution is 5.69. The molecule has 2 rings (SSSR count). The zero-order chi connectivity index (χ0) is 12.1. The lowest BCUT2D eigenvalue weighted by Gasteiger charge is -2.10. The van der Waals surface area contributed by atoms with Gasteiger partial charge in [0, 0.05) is 5.69 Å². The summed E-state index contributed by atoms with van der Waals surface area (Å²) in [4.78, 5) is 0. The predicted molar refractivity (Wildman–Crippen MR) is 67.4 cm³/mol. The van der Waals surface area contributed by atoms with Gasteiger partial charge in [-0.15, -0.1) is 0 Å². The summed E-state index contributed by atoms with van der Waals surface area (Å²) in [6, 6.07) is 17.3. The fourth-order valence-corrected chi connectivity index (χ4v) is 1.60. The smallest absolute Gasteiger partial charge is 0.138 e. The highest BCUT2D eigenvalue weighted by Gasteiger charge is 2.07. The fourth-order valence-electron chi connectivity index (χ4n) is 1.60. The third kappa shape index (κ3) is 2.37. The van der Waals surface area contributed by atoms with E-state index < -0.39 is 0 Å². The summed E-state index contributed by atoms with van der Waals surface area (Å²) in [5.41, 5.74) is 2.20. The minimum Gasteiger partial charge on any atom is -0.495 e. The molecule has 0 saturated carbocycles. The van der Waals surface area contributed by atoms with Crippen LogP contribution in [0.2, 0.25) is 0 Å². The van der Waals surface area contributed by atoms with Crippen LogP contribution in [0.1, 0.15) is 5.56 Å². The Bertz CT molecular complexity index is 544. The average molecular weight is 224 g/mol. The number of hydrogen-bond donors (Lipinski definition) is 1. The van der Waals surface area contributed by atoms with Gasteiger partial charge in [0.2, 0.25) is 0 Å². The molecule has 0 bridgehead atoms. The number of rotatable bonds is 3. The van der Waals surface area contributed by atoms with Crippen molar-refractivity contribution < 1.29 is 4.74 Å². The molecule has 0 aliphatic rings. The Balaban J connectivity index is 2.37. The van der Waals surface area contributed by atoms with Gasteiger partial charge in [-0.25, -0.2) is 0 Å². The summed E-state index contributed by atoms with van der Waals surface area (Å²) in [7, 11) is 1.56. The Morgan fingerprint density at radius 3 is 2.47 bits per heavy atom. The molecule has 3 heteroatoms. The molecule has 0 fully saturated rings. The summed E-state index contributed by atoms with van der Waals surface area (Å²) in [5.74, 6) is 0.577. The molecular weight excluding hydrogens is 212 g/mol. The standard InChI is InChI=1S/C14H12N2O/c1-17-14-9-5-8-13(12(14)10-15)16-11-6-3-2-4-7-11/h2-9,16H,1H3. The molecule has 17 heavy (non-hydrogen) atoms. The summed E-state index contributed by atoms with van der Waals surface area (Å²) >= 11 is 0. The van der Waals surface area contributed by atoms with Gasteiger partial charge in [0.15, 0.2) is 0 Å². The lowest BCUT2D eigenvalue weighted by Crippen LogP contribution is -1.96. The van der Waals surface area contributed by atoms with Crippen LogP contribution >= 0.6 is 0 Å². The Labute approximate surface area is 100 Å². The van der Waals surface area contributed by atoms with Gasteiger partial charge >= 0.3 is 0 Å². The van der Waals surface area contributed by atoms with Crippen molar-refractivity contribution >= 4 is 11.4 Å². The first-order valence-corrected chi connectivity index (χ1v) is 5.24. The van der Waals surface area contributed by atoms with Crippen molar-refractivity contribution in [2.75, 3.05) is 12.4 Å². The molecule has 0 heterocycles. The molecular formula is C14H12N2O. The fraction of sp³-hybridized carbons (Fsp3) is 0.0714. The maximum Gasteiger partial charge on any atom is 0.138 e. The monoisotopic (exact) mass is 224 g/mol. The van der Waals surface area contributed by atoms with Crippen molar-refractivity contribution in [3.8, 4) is 11.8 Å². The van der Waals surface area contributed by atoms with Crippen LogP contribution in [0.4, 0.5) is 11.4 Å². The van der Waals surface area contributed by atoms with E-state index in [9.17, 15) is 0 Å². The summed E-state index contributed by atoms with van der Waals surface area (Å²) in [6.07, 6.45) is 0. The van der Waals surface area contributed by atoms with Crippen LogP contribution in [-0.2, 0) is 0 Å². The third-order valence-electron chi connectivity index (χ3n) is 2.41. The van der Waals surface area contributed by atoms with Gasteiger partial charge in [0.05, 0.1) is 12.8 Å². The van der Waals surface area contributed by atoms with Gasteiger partial charge in [-0.05, 0) is 24.3 Å². The van der Waals surface area contributed by atoms with E-state index in [0.717, 1.165) is 11.4 Å². The molecule has 0 atom stereocenters. The van der Waals surface area contributed by atoms with E-state index in [4.69, 9.17) is 10.00 Å². The van der Waals surface area contributed by atoms with Crippen LogP contribution in [0.25, 0.3) is 0 Å². The van der Waals surface area contributed by atoms with Gasteiger partial charge in [0.25, 0.3) is 0 Å². The van der Waals surface area contributed by atoms with Crippen LogP contribution in [0.3, 0.4) is 0 Å². The minimum atomic E-state index is 0.513. The van der Waals surface area contributed by atoms with Crippen LogP contribution < -0.4 is 10.1 Å². The van der Waals surface area contributed by atoms with Crippen molar-refractivity contribution in [1.82, 2.24) is 0 Å². The lowest BCUT2D eigenvalue weighted by atomic mass is 10.1. The van der Waals surface area contributed by atoms with E-state index in [-0.39, 0.29) is 0 Å². The third-order valence-corrected chi connectivity index (χ3v) is 2.41. The molecule has 0 radical (unpaired) electrons. The molecule has 0 amide bonds. The average Bonchev–Trinajstić information content (AvgIpc) is 2.39. The Morgan fingerprint density at radius 1 is 1.06 bits per heavy atom. The Hall–Kier alpha value is -2.47. The molecule has 0 saturated heterocycles. The van der Waals surface area contributed by atoms with Gasteiger partial charge < -0.3 is 10.1 Å². The zero-order valence-electron chi connectivity index (χ0n) is 9.47. The molecule has 2 aromatic carbocycles. The predicted octanol–water partition coefficient (Wildman–Crippen LogP) is 3.31. The van der Waals surface area contributed by atoms with E-state index in [1.54, 1.807) is 13.2 Å². The second-order valence-electron chi connectivity index (χ2n) is 3.49. The summed E-state index contributed by atoms with van der Waals surface area (Å²) in [5, 5.41) is 12.3. The van der Waals surface area contributed by atoms with Gasteiger partial charge in [-0.2, -0.15) is 5.26 Å². The zero-order valence-corrected chi connectivity index (χ0v) is 9.47. The molecule has 1 N–H and O–H groups in total. The first kappa shape index (κ1) is 11.0. The van der Waals surface area contributed by atoms with E-state index >= 15 is 0 Å². The second kappa shape index (κ2) is 5.04. The first-order chi connectivity index (χ1) is 8.35. The van der Waals surface area contributed by atoms with E-state index in [0.29, 0.717) is 11.3 Å². The molecule has 0 aliphatic heterocycles. The number of hydrogen-bond acceptors (Lipinski definition) is 3. The maximum absolute atomic E-state index is 9.14. The van der Waals surface area contributed by atoms with Crippen molar-refractivity contribution in [2.45, 2.75) is 0 Å². The molecule has 0 unspecified atom stereocenters. The number of nitrogens with one attached hydrogen (secondary N) is 1. The molecule has 3 nitrogen and oxygen atoms in total. The molecule has 0 spiro atoms. The second-order valence-corrected chi connectivity index (χ2v) is 3.49. The molecule has 0 aromatic heterocycles. The summed E-state index contributed by atoms with van der Waals surface area (Å²) < 4.78 is 5.15. The number of anilines is 2. The molecule has 2 aromatic rings. The Kier molecular flexibility index (Phi) is 3.27. The number of nitriles is 1. The van der Waals surface area contributed by atoms with Crippen LogP contribution in [0.5, 0.6) is 5.75 Å². The topological polar surface area (TPSA) is 45.0 Å². The number of ether oxygens (including phenoxy) is 1. The number of benzene rings is 2. The minimum absolute atomic E-state index is 0.513. The number of nitrogens with zero attached hydrogens (tertiary/aromatic N) is 1. The van der Waals surface area contributed by atoms with Gasteiger partial charge in [0.1, 0.15) is 17.4 Å².